The van der Waals surface area contributed by atoms with Gasteiger partial charge in [0.05, 0.1) is 5.92 Å². The van der Waals surface area contributed by atoms with Gasteiger partial charge in [-0.05, 0) is 30.5 Å². The van der Waals surface area contributed by atoms with Crippen LogP contribution >= 0.6 is 11.6 Å². The molecule has 2 rings (SSSR count). The molecule has 0 fully saturated rings. The van der Waals surface area contributed by atoms with Gasteiger partial charge >= 0.3 is 5.97 Å². The summed E-state index contributed by atoms with van der Waals surface area (Å²) in [7, 11) is 0. The number of benzene rings is 1. The number of nitrogens with zero attached hydrogens (tertiary/aromatic N) is 1. The van der Waals surface area contributed by atoms with E-state index in [0.29, 0.717) is 10.8 Å². The van der Waals surface area contributed by atoms with Gasteiger partial charge < -0.3 is 14.6 Å². The first-order valence-electron chi connectivity index (χ1n) is 7.52. The predicted molar refractivity (Wildman–Crippen MR) is 89.9 cm³/mol. The van der Waals surface area contributed by atoms with E-state index in [9.17, 15) is 9.59 Å². The molecule has 0 spiro atoms. The standard InChI is InChI=1S/C17H19ClN2O4/c1-10(2)16(12-4-6-13(18)7-5-12)17(22)23-9-15(21)19-14-8-11(3)24-20-14/h4-8,10,16H,9H2,1-3H3,(H,19,20,21)/t16-/m1/s1. The second-order valence-corrected chi connectivity index (χ2v) is 6.19. The van der Waals surface area contributed by atoms with E-state index in [2.05, 4.69) is 10.5 Å². The second-order valence-electron chi connectivity index (χ2n) is 5.75. The fraction of sp³-hybridized carbons (Fsp3) is 0.353. The van der Waals surface area contributed by atoms with Crippen LogP contribution in [0.3, 0.4) is 0 Å². The number of carbonyl (C=O) groups is 2. The molecule has 128 valence electrons. The van der Waals surface area contributed by atoms with Gasteiger partial charge in [0.25, 0.3) is 5.91 Å². The average Bonchev–Trinajstić information content (AvgIpc) is 2.92. The third kappa shape index (κ3) is 4.83. The van der Waals surface area contributed by atoms with Crippen molar-refractivity contribution >= 4 is 29.3 Å². The number of rotatable bonds is 6. The summed E-state index contributed by atoms with van der Waals surface area (Å²) in [5.74, 6) is -0.532. The van der Waals surface area contributed by atoms with E-state index in [1.54, 1.807) is 37.3 Å². The van der Waals surface area contributed by atoms with Crippen LogP contribution in [0.2, 0.25) is 5.02 Å². The molecular formula is C17H19ClN2O4. The highest BCUT2D eigenvalue weighted by molar-refractivity contribution is 6.30. The van der Waals surface area contributed by atoms with E-state index in [1.807, 2.05) is 13.8 Å². The molecule has 0 bridgehead atoms. The molecule has 7 heteroatoms. The van der Waals surface area contributed by atoms with E-state index in [1.165, 1.54) is 0 Å². The zero-order valence-corrected chi connectivity index (χ0v) is 14.5. The first-order chi connectivity index (χ1) is 11.4. The molecule has 1 N–H and O–H groups in total. The first-order valence-corrected chi connectivity index (χ1v) is 7.90. The number of aromatic nitrogens is 1. The van der Waals surface area contributed by atoms with Crippen LogP contribution < -0.4 is 5.32 Å². The van der Waals surface area contributed by atoms with Gasteiger partial charge in [0.1, 0.15) is 5.76 Å². The number of halogens is 1. The van der Waals surface area contributed by atoms with Crippen molar-refractivity contribution in [1.29, 1.82) is 0 Å². The van der Waals surface area contributed by atoms with Crippen molar-refractivity contribution in [2.75, 3.05) is 11.9 Å². The van der Waals surface area contributed by atoms with Gasteiger partial charge in [-0.25, -0.2) is 0 Å². The Kier molecular flexibility index (Phi) is 5.98. The minimum absolute atomic E-state index is 0.0138. The van der Waals surface area contributed by atoms with Crippen LogP contribution in [-0.2, 0) is 14.3 Å². The van der Waals surface area contributed by atoms with Gasteiger partial charge in [-0.3, -0.25) is 9.59 Å². The monoisotopic (exact) mass is 350 g/mol. The second kappa shape index (κ2) is 7.97. The Morgan fingerprint density at radius 2 is 1.96 bits per heavy atom. The number of aryl methyl sites for hydroxylation is 1. The molecule has 0 unspecified atom stereocenters. The van der Waals surface area contributed by atoms with Crippen molar-refractivity contribution in [1.82, 2.24) is 5.16 Å². The minimum atomic E-state index is -0.477. The summed E-state index contributed by atoms with van der Waals surface area (Å²) in [4.78, 5) is 24.2. The Labute approximate surface area is 145 Å². The lowest BCUT2D eigenvalue weighted by Crippen LogP contribution is -2.26. The molecule has 6 nitrogen and oxygen atoms in total. The summed E-state index contributed by atoms with van der Waals surface area (Å²) in [6.45, 7) is 5.15. The quantitative estimate of drug-likeness (QED) is 0.805. The number of amides is 1. The topological polar surface area (TPSA) is 81.4 Å². The number of anilines is 1. The maximum absolute atomic E-state index is 12.4. The summed E-state index contributed by atoms with van der Waals surface area (Å²) in [6, 6.07) is 8.59. The van der Waals surface area contributed by atoms with Crippen molar-refractivity contribution in [2.24, 2.45) is 5.92 Å². The summed E-state index contributed by atoms with van der Waals surface area (Å²) in [5.41, 5.74) is 0.798. The Morgan fingerprint density at radius 3 is 2.50 bits per heavy atom. The maximum Gasteiger partial charge on any atom is 0.314 e. The van der Waals surface area contributed by atoms with Crippen molar-refractivity contribution in [3.63, 3.8) is 0 Å². The Hall–Kier alpha value is -2.34. The summed E-state index contributed by atoms with van der Waals surface area (Å²) in [6.07, 6.45) is 0. The van der Waals surface area contributed by atoms with E-state index < -0.39 is 17.8 Å². The molecule has 0 saturated carbocycles. The summed E-state index contributed by atoms with van der Waals surface area (Å²) < 4.78 is 9.99. The van der Waals surface area contributed by atoms with Gasteiger partial charge in [-0.1, -0.05) is 42.7 Å². The zero-order valence-electron chi connectivity index (χ0n) is 13.7. The van der Waals surface area contributed by atoms with Gasteiger partial charge in [-0.15, -0.1) is 0 Å². The predicted octanol–water partition coefficient (Wildman–Crippen LogP) is 3.56. The largest absolute Gasteiger partial charge is 0.455 e. The van der Waals surface area contributed by atoms with Gasteiger partial charge in [0, 0.05) is 11.1 Å². The molecule has 2 aromatic rings. The van der Waals surface area contributed by atoms with Gasteiger partial charge in [0.15, 0.2) is 12.4 Å². The molecule has 0 saturated heterocycles. The first kappa shape index (κ1) is 18.0. The normalized spacial score (nSPS) is 12.0. The van der Waals surface area contributed by atoms with E-state index in [4.69, 9.17) is 20.9 Å². The molecule has 1 atom stereocenters. The number of esters is 1. The molecule has 1 aromatic heterocycles. The molecule has 24 heavy (non-hydrogen) atoms. The van der Waals surface area contributed by atoms with Crippen LogP contribution in [-0.4, -0.2) is 23.6 Å². The highest BCUT2D eigenvalue weighted by Gasteiger charge is 2.26. The number of ether oxygens (including phenoxy) is 1. The number of hydrogen-bond acceptors (Lipinski definition) is 5. The van der Waals surface area contributed by atoms with Crippen LogP contribution in [0.5, 0.6) is 0 Å². The Morgan fingerprint density at radius 1 is 1.29 bits per heavy atom. The summed E-state index contributed by atoms with van der Waals surface area (Å²) >= 11 is 5.87. The van der Waals surface area contributed by atoms with Gasteiger partial charge in [0.2, 0.25) is 0 Å². The van der Waals surface area contributed by atoms with Crippen LogP contribution in [0.4, 0.5) is 5.82 Å². The average molecular weight is 351 g/mol. The van der Waals surface area contributed by atoms with Crippen LogP contribution in [0.1, 0.15) is 31.1 Å². The Balaban J connectivity index is 1.95. The lowest BCUT2D eigenvalue weighted by atomic mass is 9.88. The molecule has 0 radical (unpaired) electrons. The molecular weight excluding hydrogens is 332 g/mol. The molecule has 1 aromatic carbocycles. The Bertz CT molecular complexity index is 710. The number of nitrogens with one attached hydrogen (secondary N) is 1. The third-order valence-corrected chi connectivity index (χ3v) is 3.64. The van der Waals surface area contributed by atoms with E-state index in [0.717, 1.165) is 5.56 Å². The van der Waals surface area contributed by atoms with Crippen LogP contribution in [0.25, 0.3) is 0 Å². The fourth-order valence-corrected chi connectivity index (χ4v) is 2.42. The van der Waals surface area contributed by atoms with E-state index in [-0.39, 0.29) is 18.3 Å². The third-order valence-electron chi connectivity index (χ3n) is 3.39. The van der Waals surface area contributed by atoms with Crippen molar-refractivity contribution < 1.29 is 18.8 Å². The molecule has 0 aliphatic carbocycles. The molecule has 1 amide bonds. The summed E-state index contributed by atoms with van der Waals surface area (Å²) in [5, 5.41) is 6.73. The minimum Gasteiger partial charge on any atom is -0.455 e. The van der Waals surface area contributed by atoms with Crippen molar-refractivity contribution in [2.45, 2.75) is 26.7 Å². The van der Waals surface area contributed by atoms with Crippen LogP contribution in [0.15, 0.2) is 34.9 Å². The maximum atomic E-state index is 12.4. The molecule has 0 aliphatic heterocycles. The molecule has 1 heterocycles. The van der Waals surface area contributed by atoms with Crippen molar-refractivity contribution in [3.8, 4) is 0 Å². The zero-order chi connectivity index (χ0) is 17.7. The smallest absolute Gasteiger partial charge is 0.314 e. The SMILES string of the molecule is Cc1cc(NC(=O)COC(=O)[C@@H](c2ccc(Cl)cc2)C(C)C)no1. The van der Waals surface area contributed by atoms with Crippen LogP contribution in [0, 0.1) is 12.8 Å². The van der Waals surface area contributed by atoms with Gasteiger partial charge in [-0.2, -0.15) is 0 Å². The van der Waals surface area contributed by atoms with Crippen molar-refractivity contribution in [3.05, 3.63) is 46.7 Å². The fourth-order valence-electron chi connectivity index (χ4n) is 2.29. The lowest BCUT2D eigenvalue weighted by molar-refractivity contribution is -0.149. The highest BCUT2D eigenvalue weighted by atomic mass is 35.5. The molecule has 0 aliphatic rings. The number of carbonyl (C=O) groups excluding carboxylic acids is 2. The van der Waals surface area contributed by atoms with E-state index >= 15 is 0 Å². The lowest BCUT2D eigenvalue weighted by Gasteiger charge is -2.19. The highest BCUT2D eigenvalue weighted by Crippen LogP contribution is 2.27. The number of hydrogen-bond donors (Lipinski definition) is 1.